The highest BCUT2D eigenvalue weighted by Crippen LogP contribution is 2.42. The molecule has 0 saturated heterocycles. The van der Waals surface area contributed by atoms with Crippen LogP contribution >= 0.6 is 0 Å². The first kappa shape index (κ1) is 15.5. The SMILES string of the molecule is Cc1ccc2c(c1)[C@H](CCO)O[C@H](C(C)C(C)O)[C@@H]2C. The van der Waals surface area contributed by atoms with Gasteiger partial charge in [0.1, 0.15) is 0 Å². The van der Waals surface area contributed by atoms with Crippen LogP contribution in [0.15, 0.2) is 18.2 Å². The van der Waals surface area contributed by atoms with Crippen molar-refractivity contribution in [2.24, 2.45) is 5.92 Å². The molecular weight excluding hydrogens is 252 g/mol. The van der Waals surface area contributed by atoms with Crippen LogP contribution in [-0.2, 0) is 4.74 Å². The molecule has 1 aliphatic heterocycles. The van der Waals surface area contributed by atoms with Gasteiger partial charge in [-0.3, -0.25) is 0 Å². The van der Waals surface area contributed by atoms with Crippen LogP contribution < -0.4 is 0 Å². The number of rotatable bonds is 4. The molecule has 1 heterocycles. The molecule has 1 aromatic rings. The number of benzene rings is 1. The number of ether oxygens (including phenoxy) is 1. The van der Waals surface area contributed by atoms with E-state index in [9.17, 15) is 10.2 Å². The number of fused-ring (bicyclic) bond motifs is 1. The molecule has 20 heavy (non-hydrogen) atoms. The highest BCUT2D eigenvalue weighted by molar-refractivity contribution is 5.38. The first-order valence-electron chi connectivity index (χ1n) is 7.50. The third-order valence-corrected chi connectivity index (χ3v) is 4.56. The minimum absolute atomic E-state index is 0.0123. The van der Waals surface area contributed by atoms with Crippen LogP contribution in [0.5, 0.6) is 0 Å². The van der Waals surface area contributed by atoms with Crippen molar-refractivity contribution in [3.63, 3.8) is 0 Å². The first-order valence-corrected chi connectivity index (χ1v) is 7.50. The fraction of sp³-hybridized carbons (Fsp3) is 0.647. The van der Waals surface area contributed by atoms with Gasteiger partial charge in [0, 0.05) is 24.9 Å². The van der Waals surface area contributed by atoms with Crippen molar-refractivity contribution in [1.29, 1.82) is 0 Å². The summed E-state index contributed by atoms with van der Waals surface area (Å²) in [6.07, 6.45) is 0.120. The average Bonchev–Trinajstić information content (AvgIpc) is 2.41. The van der Waals surface area contributed by atoms with Crippen molar-refractivity contribution >= 4 is 0 Å². The molecule has 3 heteroatoms. The summed E-state index contributed by atoms with van der Waals surface area (Å²) in [4.78, 5) is 0. The molecule has 2 N–H and O–H groups in total. The quantitative estimate of drug-likeness (QED) is 0.890. The van der Waals surface area contributed by atoms with Gasteiger partial charge < -0.3 is 14.9 Å². The van der Waals surface area contributed by atoms with Crippen LogP contribution in [0.25, 0.3) is 0 Å². The zero-order chi connectivity index (χ0) is 14.9. The van der Waals surface area contributed by atoms with Crippen molar-refractivity contribution in [3.05, 3.63) is 34.9 Å². The predicted octanol–water partition coefficient (Wildman–Crippen LogP) is 2.94. The topological polar surface area (TPSA) is 49.7 Å². The van der Waals surface area contributed by atoms with Crippen molar-refractivity contribution in [1.82, 2.24) is 0 Å². The van der Waals surface area contributed by atoms with E-state index in [2.05, 4.69) is 32.0 Å². The monoisotopic (exact) mass is 278 g/mol. The third-order valence-electron chi connectivity index (χ3n) is 4.56. The standard InChI is InChI=1S/C17H26O3/c1-10-5-6-14-12(3)17(11(2)13(4)19)20-16(7-8-18)15(14)9-10/h5-6,9,11-13,16-19H,7-8H2,1-4H3/t11?,12-,13?,16+,17-/m1/s1. The maximum Gasteiger partial charge on any atom is 0.0853 e. The molecule has 0 bridgehead atoms. The molecule has 2 unspecified atom stereocenters. The van der Waals surface area contributed by atoms with Crippen LogP contribution in [0.2, 0.25) is 0 Å². The lowest BCUT2D eigenvalue weighted by Gasteiger charge is -2.40. The van der Waals surface area contributed by atoms with Gasteiger partial charge in [0.25, 0.3) is 0 Å². The first-order chi connectivity index (χ1) is 9.45. The predicted molar refractivity (Wildman–Crippen MR) is 79.8 cm³/mol. The molecule has 1 aromatic carbocycles. The Hall–Kier alpha value is -0.900. The van der Waals surface area contributed by atoms with E-state index in [0.717, 1.165) is 0 Å². The van der Waals surface area contributed by atoms with Gasteiger partial charge in [-0.25, -0.2) is 0 Å². The number of hydrogen-bond acceptors (Lipinski definition) is 3. The zero-order valence-electron chi connectivity index (χ0n) is 12.8. The molecule has 5 atom stereocenters. The highest BCUT2D eigenvalue weighted by Gasteiger charge is 2.37. The van der Waals surface area contributed by atoms with E-state index in [4.69, 9.17) is 4.74 Å². The maximum atomic E-state index is 9.87. The van der Waals surface area contributed by atoms with E-state index in [1.807, 2.05) is 13.8 Å². The van der Waals surface area contributed by atoms with Gasteiger partial charge in [-0.05, 0) is 25.0 Å². The van der Waals surface area contributed by atoms with Crippen LogP contribution in [-0.4, -0.2) is 29.0 Å². The Morgan fingerprint density at radius 2 is 1.95 bits per heavy atom. The van der Waals surface area contributed by atoms with E-state index in [1.165, 1.54) is 16.7 Å². The van der Waals surface area contributed by atoms with Gasteiger partial charge in [0.2, 0.25) is 0 Å². The largest absolute Gasteiger partial charge is 0.396 e. The molecule has 0 fully saturated rings. The van der Waals surface area contributed by atoms with Crippen LogP contribution in [0, 0.1) is 12.8 Å². The Kier molecular flexibility index (Phi) is 4.84. The minimum Gasteiger partial charge on any atom is -0.396 e. The minimum atomic E-state index is -0.399. The second-order valence-electron chi connectivity index (χ2n) is 6.12. The molecule has 1 aliphatic rings. The number of hydrogen-bond donors (Lipinski definition) is 2. The number of aryl methyl sites for hydroxylation is 1. The molecule has 0 amide bonds. The summed E-state index contributed by atoms with van der Waals surface area (Å²) < 4.78 is 6.22. The summed E-state index contributed by atoms with van der Waals surface area (Å²) in [6.45, 7) is 8.19. The molecule has 112 valence electrons. The number of aliphatic hydroxyl groups excluding tert-OH is 2. The molecule has 0 saturated carbocycles. The summed E-state index contributed by atoms with van der Waals surface area (Å²) in [5, 5.41) is 19.2. The molecule has 0 spiro atoms. The summed E-state index contributed by atoms with van der Waals surface area (Å²) in [5.74, 6) is 0.325. The lowest BCUT2D eigenvalue weighted by Crippen LogP contribution is -2.38. The van der Waals surface area contributed by atoms with Crippen molar-refractivity contribution in [2.75, 3.05) is 6.61 Å². The van der Waals surface area contributed by atoms with E-state index >= 15 is 0 Å². The molecular formula is C17H26O3. The van der Waals surface area contributed by atoms with E-state index < -0.39 is 6.10 Å². The zero-order valence-corrected chi connectivity index (χ0v) is 12.8. The maximum absolute atomic E-state index is 9.87. The Balaban J connectivity index is 2.38. The Morgan fingerprint density at radius 1 is 1.25 bits per heavy atom. The summed E-state index contributed by atoms with van der Waals surface area (Å²) >= 11 is 0. The van der Waals surface area contributed by atoms with Crippen LogP contribution in [0.1, 0.15) is 55.9 Å². The second kappa shape index (κ2) is 6.25. The summed E-state index contributed by atoms with van der Waals surface area (Å²) in [6, 6.07) is 6.46. The van der Waals surface area contributed by atoms with E-state index in [1.54, 1.807) is 0 Å². The van der Waals surface area contributed by atoms with E-state index in [-0.39, 0.29) is 30.7 Å². The fourth-order valence-electron chi connectivity index (χ4n) is 3.14. The average molecular weight is 278 g/mol. The second-order valence-corrected chi connectivity index (χ2v) is 6.12. The van der Waals surface area contributed by atoms with Gasteiger partial charge in [-0.15, -0.1) is 0 Å². The molecule has 2 rings (SSSR count). The Morgan fingerprint density at radius 3 is 2.55 bits per heavy atom. The van der Waals surface area contributed by atoms with E-state index in [0.29, 0.717) is 6.42 Å². The summed E-state index contributed by atoms with van der Waals surface area (Å²) in [7, 11) is 0. The molecule has 3 nitrogen and oxygen atoms in total. The lowest BCUT2D eigenvalue weighted by molar-refractivity contribution is -0.0948. The number of aliphatic hydroxyl groups is 2. The van der Waals surface area contributed by atoms with Crippen molar-refractivity contribution < 1.29 is 14.9 Å². The van der Waals surface area contributed by atoms with Gasteiger partial charge >= 0.3 is 0 Å². The van der Waals surface area contributed by atoms with Crippen LogP contribution in [0.3, 0.4) is 0 Å². The van der Waals surface area contributed by atoms with Gasteiger partial charge in [0.05, 0.1) is 18.3 Å². The van der Waals surface area contributed by atoms with Crippen LogP contribution in [0.4, 0.5) is 0 Å². The fourth-order valence-corrected chi connectivity index (χ4v) is 3.14. The van der Waals surface area contributed by atoms with Crippen molar-refractivity contribution in [3.8, 4) is 0 Å². The Labute approximate surface area is 121 Å². The highest BCUT2D eigenvalue weighted by atomic mass is 16.5. The summed E-state index contributed by atoms with van der Waals surface area (Å²) in [5.41, 5.74) is 3.70. The van der Waals surface area contributed by atoms with Gasteiger partial charge in [-0.1, -0.05) is 37.6 Å². The lowest BCUT2D eigenvalue weighted by atomic mass is 9.79. The third kappa shape index (κ3) is 2.90. The van der Waals surface area contributed by atoms with Crippen molar-refractivity contribution in [2.45, 2.75) is 58.3 Å². The molecule has 0 aliphatic carbocycles. The smallest absolute Gasteiger partial charge is 0.0853 e. The van der Waals surface area contributed by atoms with Gasteiger partial charge in [0.15, 0.2) is 0 Å². The van der Waals surface area contributed by atoms with Gasteiger partial charge in [-0.2, -0.15) is 0 Å². The molecule has 0 radical (unpaired) electrons. The normalized spacial score (nSPS) is 28.8. The molecule has 0 aromatic heterocycles. The Bertz CT molecular complexity index is 456.